The first-order valence-corrected chi connectivity index (χ1v) is 12.4. The number of allylic oxidation sites excluding steroid dienone is 2. The van der Waals surface area contributed by atoms with Crippen LogP contribution >= 0.6 is 11.3 Å². The van der Waals surface area contributed by atoms with Crippen LogP contribution in [0.3, 0.4) is 0 Å². The molecule has 3 aliphatic carbocycles. The zero-order valence-corrected chi connectivity index (χ0v) is 19.9. The number of ether oxygens (including phenoxy) is 1. The van der Waals surface area contributed by atoms with Crippen molar-refractivity contribution in [3.05, 3.63) is 41.3 Å². The minimum absolute atomic E-state index is 0.0416. The molecule has 172 valence electrons. The van der Waals surface area contributed by atoms with Crippen LogP contribution in [-0.4, -0.2) is 30.1 Å². The minimum atomic E-state index is -0.162. The number of esters is 1. The van der Waals surface area contributed by atoms with Crippen molar-refractivity contribution in [2.45, 2.75) is 58.4 Å². The lowest BCUT2D eigenvalue weighted by Gasteiger charge is -2.62. The number of carbonyl (C=O) groups excluding carboxylic acids is 2. The summed E-state index contributed by atoms with van der Waals surface area (Å²) in [6.07, 6.45) is 9.74. The SMILES string of the molecule is COC(=O)CCC/C=C\C[C@H]1C[C@H]2C[C@@H]([C@@H]1NC(=O)c1csc3ccc(O)cc13)C2(C)C. The molecule has 2 bridgehead atoms. The topological polar surface area (TPSA) is 75.6 Å². The molecule has 0 spiro atoms. The van der Waals surface area contributed by atoms with E-state index in [2.05, 4.69) is 36.1 Å². The fourth-order valence-corrected chi connectivity index (χ4v) is 6.57. The van der Waals surface area contributed by atoms with E-state index in [4.69, 9.17) is 0 Å². The molecule has 1 heterocycles. The van der Waals surface area contributed by atoms with E-state index in [0.29, 0.717) is 23.8 Å². The largest absolute Gasteiger partial charge is 0.508 e. The number of amides is 1. The van der Waals surface area contributed by atoms with E-state index in [0.717, 1.165) is 41.7 Å². The van der Waals surface area contributed by atoms with E-state index in [1.165, 1.54) is 24.9 Å². The standard InChI is InChI=1S/C26H33NO4S/c1-26(2)17-12-16(8-6-4-5-7-9-23(29)31-3)24(21(26)13-17)27-25(30)20-15-32-22-11-10-18(28)14-19(20)22/h4,6,10-11,14-17,21,24,28H,5,7-9,12-13H2,1-3H3,(H,27,30)/b6-4-/t16-,17-,21-,24+/m0/s1. The summed E-state index contributed by atoms with van der Waals surface area (Å²) in [5.74, 6) is 1.61. The second-order valence-electron chi connectivity index (χ2n) is 9.86. The number of benzene rings is 1. The Morgan fingerprint density at radius 3 is 2.84 bits per heavy atom. The van der Waals surface area contributed by atoms with Crippen molar-refractivity contribution in [2.24, 2.45) is 23.2 Å². The molecule has 2 aromatic rings. The van der Waals surface area contributed by atoms with E-state index in [9.17, 15) is 14.7 Å². The van der Waals surface area contributed by atoms with E-state index < -0.39 is 0 Å². The van der Waals surface area contributed by atoms with Gasteiger partial charge in [-0.05, 0) is 73.5 Å². The molecule has 2 N–H and O–H groups in total. The molecule has 0 radical (unpaired) electrons. The molecule has 1 aromatic carbocycles. The maximum absolute atomic E-state index is 13.3. The summed E-state index contributed by atoms with van der Waals surface area (Å²) in [6, 6.07) is 5.35. The van der Waals surface area contributed by atoms with Crippen LogP contribution in [0.2, 0.25) is 0 Å². The van der Waals surface area contributed by atoms with Gasteiger partial charge < -0.3 is 15.2 Å². The predicted molar refractivity (Wildman–Crippen MR) is 128 cm³/mol. The smallest absolute Gasteiger partial charge is 0.305 e. The predicted octanol–water partition coefficient (Wildman–Crippen LogP) is 5.68. The molecule has 3 fully saturated rings. The number of unbranched alkanes of at least 4 members (excludes halogenated alkanes) is 1. The maximum atomic E-state index is 13.3. The molecule has 0 aliphatic heterocycles. The Balaban J connectivity index is 1.43. The third kappa shape index (κ3) is 4.42. The summed E-state index contributed by atoms with van der Waals surface area (Å²) in [7, 11) is 1.42. The summed E-state index contributed by atoms with van der Waals surface area (Å²) in [6.45, 7) is 4.67. The minimum Gasteiger partial charge on any atom is -0.508 e. The summed E-state index contributed by atoms with van der Waals surface area (Å²) >= 11 is 1.53. The Morgan fingerprint density at radius 2 is 2.09 bits per heavy atom. The molecule has 3 aliphatic rings. The first-order chi connectivity index (χ1) is 15.3. The van der Waals surface area contributed by atoms with Gasteiger partial charge in [-0.1, -0.05) is 26.0 Å². The Kier molecular flexibility index (Phi) is 6.61. The summed E-state index contributed by atoms with van der Waals surface area (Å²) in [5, 5.41) is 16.0. The summed E-state index contributed by atoms with van der Waals surface area (Å²) < 4.78 is 5.69. The van der Waals surface area contributed by atoms with Crippen LogP contribution in [0.5, 0.6) is 5.75 Å². The van der Waals surface area contributed by atoms with Crippen molar-refractivity contribution in [2.75, 3.05) is 7.11 Å². The highest BCUT2D eigenvalue weighted by Gasteiger charge is 2.57. The Hall–Kier alpha value is -2.34. The van der Waals surface area contributed by atoms with Crippen molar-refractivity contribution in [3.8, 4) is 5.75 Å². The monoisotopic (exact) mass is 455 g/mol. The second-order valence-corrected chi connectivity index (χ2v) is 10.8. The van der Waals surface area contributed by atoms with Crippen LogP contribution in [0.1, 0.15) is 62.7 Å². The molecule has 0 saturated heterocycles. The number of hydrogen-bond acceptors (Lipinski definition) is 5. The Labute approximate surface area is 193 Å². The number of hydrogen-bond donors (Lipinski definition) is 2. The lowest BCUT2D eigenvalue weighted by molar-refractivity contribution is -0.140. The molecule has 6 heteroatoms. The van der Waals surface area contributed by atoms with Crippen LogP contribution in [0.25, 0.3) is 10.1 Å². The Morgan fingerprint density at radius 1 is 1.28 bits per heavy atom. The quantitative estimate of drug-likeness (QED) is 0.305. The number of nitrogens with one attached hydrogen (secondary N) is 1. The molecular formula is C26H33NO4S. The summed E-state index contributed by atoms with van der Waals surface area (Å²) in [4.78, 5) is 24.5. The highest BCUT2D eigenvalue weighted by molar-refractivity contribution is 7.17. The highest BCUT2D eigenvalue weighted by atomic mass is 32.1. The number of fused-ring (bicyclic) bond motifs is 3. The summed E-state index contributed by atoms with van der Waals surface area (Å²) in [5.41, 5.74) is 0.908. The van der Waals surface area contributed by atoms with Gasteiger partial charge in [0.2, 0.25) is 0 Å². The van der Waals surface area contributed by atoms with Gasteiger partial charge in [0.1, 0.15) is 5.75 Å². The van der Waals surface area contributed by atoms with Crippen molar-refractivity contribution in [1.29, 1.82) is 0 Å². The lowest BCUT2D eigenvalue weighted by atomic mass is 9.44. The van der Waals surface area contributed by atoms with Gasteiger partial charge in [-0.25, -0.2) is 0 Å². The first-order valence-electron chi connectivity index (χ1n) is 11.5. The van der Waals surface area contributed by atoms with E-state index in [1.54, 1.807) is 12.1 Å². The molecule has 1 amide bonds. The lowest BCUT2D eigenvalue weighted by Crippen LogP contribution is -2.63. The maximum Gasteiger partial charge on any atom is 0.305 e. The number of phenols is 1. The molecule has 3 saturated carbocycles. The van der Waals surface area contributed by atoms with Gasteiger partial charge >= 0.3 is 5.97 Å². The van der Waals surface area contributed by atoms with Crippen LogP contribution in [0, 0.1) is 23.2 Å². The van der Waals surface area contributed by atoms with Crippen molar-refractivity contribution in [3.63, 3.8) is 0 Å². The second kappa shape index (κ2) is 9.26. The average molecular weight is 456 g/mol. The zero-order valence-electron chi connectivity index (χ0n) is 19.1. The van der Waals surface area contributed by atoms with Crippen LogP contribution in [0.4, 0.5) is 0 Å². The van der Waals surface area contributed by atoms with Crippen LogP contribution in [0.15, 0.2) is 35.7 Å². The van der Waals surface area contributed by atoms with Crippen LogP contribution < -0.4 is 5.32 Å². The molecular weight excluding hydrogens is 422 g/mol. The molecule has 4 atom stereocenters. The van der Waals surface area contributed by atoms with E-state index in [-0.39, 0.29) is 29.1 Å². The third-order valence-corrected chi connectivity index (χ3v) is 8.72. The van der Waals surface area contributed by atoms with Gasteiger partial charge in [-0.3, -0.25) is 9.59 Å². The van der Waals surface area contributed by atoms with Gasteiger partial charge in [-0.15, -0.1) is 11.3 Å². The van der Waals surface area contributed by atoms with E-state index in [1.807, 2.05) is 11.4 Å². The molecule has 5 nitrogen and oxygen atoms in total. The highest BCUT2D eigenvalue weighted by Crippen LogP contribution is 2.61. The number of rotatable bonds is 8. The third-order valence-electron chi connectivity index (χ3n) is 7.76. The molecule has 32 heavy (non-hydrogen) atoms. The van der Waals surface area contributed by atoms with Gasteiger partial charge in [-0.2, -0.15) is 0 Å². The van der Waals surface area contributed by atoms with Gasteiger partial charge in [0.25, 0.3) is 5.91 Å². The fourth-order valence-electron chi connectivity index (χ4n) is 5.64. The van der Waals surface area contributed by atoms with Crippen molar-refractivity contribution < 1.29 is 19.4 Å². The molecule has 0 unspecified atom stereocenters. The molecule has 5 rings (SSSR count). The zero-order chi connectivity index (χ0) is 22.9. The normalized spacial score (nSPS) is 26.1. The first kappa shape index (κ1) is 22.8. The molecule has 1 aromatic heterocycles. The van der Waals surface area contributed by atoms with Crippen LogP contribution in [-0.2, 0) is 9.53 Å². The van der Waals surface area contributed by atoms with Crippen molar-refractivity contribution >= 4 is 33.3 Å². The number of aromatic hydroxyl groups is 1. The number of methoxy groups -OCH3 is 1. The van der Waals surface area contributed by atoms with Gasteiger partial charge in [0, 0.05) is 27.9 Å². The fraction of sp³-hybridized carbons (Fsp3) is 0.538. The van der Waals surface area contributed by atoms with E-state index >= 15 is 0 Å². The van der Waals surface area contributed by atoms with Gasteiger partial charge in [0.15, 0.2) is 0 Å². The van der Waals surface area contributed by atoms with Crippen molar-refractivity contribution in [1.82, 2.24) is 5.32 Å². The van der Waals surface area contributed by atoms with Gasteiger partial charge in [0.05, 0.1) is 12.7 Å². The number of thiophene rings is 1. The number of phenolic OH excluding ortho intramolecular Hbond substituents is 1. The Bertz CT molecular complexity index is 1020. The average Bonchev–Trinajstić information content (AvgIpc) is 3.19. The number of carbonyl (C=O) groups is 2.